The van der Waals surface area contributed by atoms with Crippen molar-refractivity contribution >= 4 is 17.7 Å². The topological polar surface area (TPSA) is 45.7 Å². The molecule has 23 heavy (non-hydrogen) atoms. The van der Waals surface area contributed by atoms with Gasteiger partial charge in [-0.2, -0.15) is 11.8 Å². The minimum atomic E-state index is 0.322. The van der Waals surface area contributed by atoms with E-state index in [1.807, 2.05) is 12.1 Å². The molecule has 0 aliphatic carbocycles. The van der Waals surface area contributed by atoms with Crippen LogP contribution in [0.25, 0.3) is 0 Å². The number of nitrogens with one attached hydrogen (secondary N) is 2. The zero-order valence-electron chi connectivity index (χ0n) is 14.5. The zero-order valence-corrected chi connectivity index (χ0v) is 15.3. The van der Waals surface area contributed by atoms with Gasteiger partial charge in [-0.05, 0) is 37.1 Å². The molecule has 1 heterocycles. The normalized spacial score (nSPS) is 19.4. The molecular weight excluding hydrogens is 306 g/mol. The third-order valence-corrected chi connectivity index (χ3v) is 5.46. The van der Waals surface area contributed by atoms with Crippen molar-refractivity contribution < 1.29 is 4.74 Å². The fourth-order valence-corrected chi connectivity index (χ4v) is 3.96. The molecule has 1 fully saturated rings. The minimum Gasteiger partial charge on any atom is -0.496 e. The maximum Gasteiger partial charge on any atom is 0.191 e. The van der Waals surface area contributed by atoms with Gasteiger partial charge in [0.05, 0.1) is 7.11 Å². The summed E-state index contributed by atoms with van der Waals surface area (Å²) in [5.41, 5.74) is 1.21. The summed E-state index contributed by atoms with van der Waals surface area (Å²) in [7, 11) is 1.72. The molecule has 2 N–H and O–H groups in total. The first kappa shape index (κ1) is 18.0. The van der Waals surface area contributed by atoms with Crippen molar-refractivity contribution in [2.24, 2.45) is 4.99 Å². The summed E-state index contributed by atoms with van der Waals surface area (Å²) < 4.78 is 5.45. The first-order valence-corrected chi connectivity index (χ1v) is 9.56. The van der Waals surface area contributed by atoms with Crippen LogP contribution in [0, 0.1) is 0 Å². The minimum absolute atomic E-state index is 0.322. The average molecular weight is 336 g/mol. The Hall–Kier alpha value is -1.36. The highest BCUT2D eigenvalue weighted by molar-refractivity contribution is 8.00. The molecular formula is C18H29N3OS. The number of hydrogen-bond donors (Lipinski definition) is 2. The maximum absolute atomic E-state index is 5.45. The highest BCUT2D eigenvalue weighted by atomic mass is 32.2. The number of nitrogens with zero attached hydrogens (tertiary/aromatic N) is 1. The Labute approximate surface area is 144 Å². The van der Waals surface area contributed by atoms with Crippen molar-refractivity contribution in [2.45, 2.75) is 37.9 Å². The van der Waals surface area contributed by atoms with E-state index in [0.717, 1.165) is 36.6 Å². The van der Waals surface area contributed by atoms with E-state index in [0.29, 0.717) is 5.92 Å². The van der Waals surface area contributed by atoms with Crippen LogP contribution in [0.3, 0.4) is 0 Å². The fraction of sp³-hybridized carbons (Fsp3) is 0.611. The second-order valence-electron chi connectivity index (χ2n) is 5.88. The van der Waals surface area contributed by atoms with E-state index in [9.17, 15) is 0 Å². The van der Waals surface area contributed by atoms with Gasteiger partial charge < -0.3 is 15.4 Å². The van der Waals surface area contributed by atoms with E-state index in [2.05, 4.69) is 48.4 Å². The van der Waals surface area contributed by atoms with E-state index < -0.39 is 0 Å². The molecule has 1 aliphatic heterocycles. The van der Waals surface area contributed by atoms with Crippen LogP contribution in [0.5, 0.6) is 5.75 Å². The third kappa shape index (κ3) is 5.65. The number of para-hydroxylation sites is 1. The van der Waals surface area contributed by atoms with Crippen molar-refractivity contribution in [1.82, 2.24) is 10.6 Å². The Bertz CT molecular complexity index is 501. The number of methoxy groups -OCH3 is 1. The lowest BCUT2D eigenvalue weighted by molar-refractivity contribution is 0.407. The molecule has 2 unspecified atom stereocenters. The molecule has 4 nitrogen and oxygen atoms in total. The number of ether oxygens (including phenoxy) is 1. The summed E-state index contributed by atoms with van der Waals surface area (Å²) in [4.78, 5) is 4.76. The molecule has 0 saturated carbocycles. The van der Waals surface area contributed by atoms with E-state index >= 15 is 0 Å². The van der Waals surface area contributed by atoms with Crippen LogP contribution in [0.15, 0.2) is 29.3 Å². The molecule has 0 aromatic heterocycles. The molecule has 2 rings (SSSR count). The smallest absolute Gasteiger partial charge is 0.191 e. The Kier molecular flexibility index (Phi) is 7.59. The van der Waals surface area contributed by atoms with Gasteiger partial charge in [0.1, 0.15) is 5.75 Å². The van der Waals surface area contributed by atoms with Gasteiger partial charge in [0.2, 0.25) is 0 Å². The first-order chi connectivity index (χ1) is 11.2. The van der Waals surface area contributed by atoms with Crippen molar-refractivity contribution in [3.05, 3.63) is 29.8 Å². The summed E-state index contributed by atoms with van der Waals surface area (Å²) >= 11 is 2.07. The molecule has 1 saturated heterocycles. The first-order valence-electron chi connectivity index (χ1n) is 8.51. The highest BCUT2D eigenvalue weighted by Gasteiger charge is 2.16. The van der Waals surface area contributed by atoms with Gasteiger partial charge in [-0.3, -0.25) is 4.99 Å². The number of benzene rings is 1. The molecule has 0 radical (unpaired) electrons. The van der Waals surface area contributed by atoms with E-state index in [1.165, 1.54) is 24.2 Å². The van der Waals surface area contributed by atoms with Crippen molar-refractivity contribution in [1.29, 1.82) is 0 Å². The standard InChI is InChI=1S/C18H29N3OS/c1-4-19-18(21-13-15-8-7-11-23-15)20-12-14(2)16-9-5-6-10-17(16)22-3/h5-6,9-10,14-15H,4,7-8,11-13H2,1-3H3,(H2,19,20,21). The lowest BCUT2D eigenvalue weighted by Gasteiger charge is -2.17. The van der Waals surface area contributed by atoms with Crippen LogP contribution in [-0.4, -0.2) is 43.7 Å². The fourth-order valence-electron chi connectivity index (χ4n) is 2.76. The Morgan fingerprint density at radius 1 is 1.39 bits per heavy atom. The molecule has 0 spiro atoms. The maximum atomic E-state index is 5.45. The molecule has 5 heteroatoms. The second-order valence-corrected chi connectivity index (χ2v) is 7.29. The molecule has 0 amide bonds. The Balaban J connectivity index is 1.92. The summed E-state index contributed by atoms with van der Waals surface area (Å²) in [6.45, 7) is 6.92. The summed E-state index contributed by atoms with van der Waals surface area (Å²) in [6.07, 6.45) is 2.66. The van der Waals surface area contributed by atoms with Gasteiger partial charge in [-0.25, -0.2) is 0 Å². The molecule has 1 aliphatic rings. The van der Waals surface area contributed by atoms with Gasteiger partial charge in [0, 0.05) is 30.8 Å². The van der Waals surface area contributed by atoms with Gasteiger partial charge >= 0.3 is 0 Å². The Morgan fingerprint density at radius 2 is 2.22 bits per heavy atom. The zero-order chi connectivity index (χ0) is 16.5. The van der Waals surface area contributed by atoms with Crippen molar-refractivity contribution in [3.63, 3.8) is 0 Å². The van der Waals surface area contributed by atoms with Crippen LogP contribution in [-0.2, 0) is 0 Å². The van der Waals surface area contributed by atoms with E-state index in [4.69, 9.17) is 9.73 Å². The second kappa shape index (κ2) is 9.71. The number of aliphatic imine (C=N–C) groups is 1. The average Bonchev–Trinajstić information content (AvgIpc) is 3.10. The number of hydrogen-bond acceptors (Lipinski definition) is 3. The van der Waals surface area contributed by atoms with Crippen LogP contribution in [0.1, 0.15) is 38.2 Å². The number of thioether (sulfide) groups is 1. The lowest BCUT2D eigenvalue weighted by atomic mass is 10.0. The predicted octanol–water partition coefficient (Wildman–Crippen LogP) is 3.25. The predicted molar refractivity (Wildman–Crippen MR) is 101 cm³/mol. The quantitative estimate of drug-likeness (QED) is 0.593. The van der Waals surface area contributed by atoms with Crippen molar-refractivity contribution in [3.8, 4) is 5.75 Å². The molecule has 1 aromatic carbocycles. The van der Waals surface area contributed by atoms with Crippen LogP contribution in [0.4, 0.5) is 0 Å². The third-order valence-electron chi connectivity index (χ3n) is 4.06. The van der Waals surface area contributed by atoms with Crippen LogP contribution >= 0.6 is 11.8 Å². The summed E-state index contributed by atoms with van der Waals surface area (Å²) in [6, 6.07) is 8.19. The van der Waals surface area contributed by atoms with Gasteiger partial charge in [-0.1, -0.05) is 25.1 Å². The Morgan fingerprint density at radius 3 is 2.91 bits per heavy atom. The van der Waals surface area contributed by atoms with E-state index in [-0.39, 0.29) is 0 Å². The van der Waals surface area contributed by atoms with Crippen LogP contribution < -0.4 is 15.4 Å². The molecule has 2 atom stereocenters. The van der Waals surface area contributed by atoms with E-state index in [1.54, 1.807) is 7.11 Å². The monoisotopic (exact) mass is 335 g/mol. The van der Waals surface area contributed by atoms with Crippen LogP contribution in [0.2, 0.25) is 0 Å². The number of rotatable bonds is 7. The molecule has 1 aromatic rings. The van der Waals surface area contributed by atoms with Gasteiger partial charge in [0.25, 0.3) is 0 Å². The van der Waals surface area contributed by atoms with Gasteiger partial charge in [-0.15, -0.1) is 0 Å². The number of guanidine groups is 1. The largest absolute Gasteiger partial charge is 0.496 e. The SMILES string of the molecule is CCNC(=NCC(C)c1ccccc1OC)NCC1CCCS1. The molecule has 128 valence electrons. The van der Waals surface area contributed by atoms with Crippen molar-refractivity contribution in [2.75, 3.05) is 32.5 Å². The lowest BCUT2D eigenvalue weighted by Crippen LogP contribution is -2.40. The summed E-state index contributed by atoms with van der Waals surface area (Å²) in [5.74, 6) is 3.48. The highest BCUT2D eigenvalue weighted by Crippen LogP contribution is 2.26. The summed E-state index contributed by atoms with van der Waals surface area (Å²) in [5, 5.41) is 7.55. The molecule has 0 bridgehead atoms. The van der Waals surface area contributed by atoms with Gasteiger partial charge in [0.15, 0.2) is 5.96 Å².